The van der Waals surface area contributed by atoms with E-state index in [2.05, 4.69) is 15.9 Å². The normalized spacial score (nSPS) is 15.6. The van der Waals surface area contributed by atoms with E-state index in [-0.39, 0.29) is 11.3 Å². The molecule has 7 nitrogen and oxygen atoms in total. The molecule has 0 atom stereocenters. The van der Waals surface area contributed by atoms with Crippen LogP contribution in [0.25, 0.3) is 0 Å². The predicted octanol–water partition coefficient (Wildman–Crippen LogP) is 2.66. The average Bonchev–Trinajstić information content (AvgIpc) is 2.63. The summed E-state index contributed by atoms with van der Waals surface area (Å²) in [6.07, 6.45) is 0. The quantitative estimate of drug-likeness (QED) is 0.606. The van der Waals surface area contributed by atoms with Crippen LogP contribution in [0.1, 0.15) is 21.5 Å². The first-order valence-electron chi connectivity index (χ1n) is 8.68. The van der Waals surface area contributed by atoms with Gasteiger partial charge in [0.25, 0.3) is 5.69 Å². The second-order valence-electron chi connectivity index (χ2n) is 6.65. The number of carbonyl (C=O) groups is 1. The Morgan fingerprint density at radius 2 is 1.74 bits per heavy atom. The number of rotatable bonds is 6. The summed E-state index contributed by atoms with van der Waals surface area (Å²) in [4.78, 5) is 26.7. The summed E-state index contributed by atoms with van der Waals surface area (Å²) in [5.41, 5.74) is 7.07. The molecular weight excluding hydrogens is 368 g/mol. The SMILES string of the molecule is NC(=O)c1ccc(CN2CCN(Cc3cccc(Cl)c3)CC2)c([N+](=O)[O-])c1. The van der Waals surface area contributed by atoms with Crippen molar-refractivity contribution < 1.29 is 9.72 Å². The van der Waals surface area contributed by atoms with E-state index >= 15 is 0 Å². The summed E-state index contributed by atoms with van der Waals surface area (Å²) in [7, 11) is 0. The van der Waals surface area contributed by atoms with Crippen molar-refractivity contribution in [1.29, 1.82) is 0 Å². The van der Waals surface area contributed by atoms with E-state index in [0.717, 1.165) is 37.7 Å². The molecule has 0 spiro atoms. The fourth-order valence-electron chi connectivity index (χ4n) is 3.26. The fraction of sp³-hybridized carbons (Fsp3) is 0.316. The van der Waals surface area contributed by atoms with Gasteiger partial charge in [-0.1, -0.05) is 29.8 Å². The van der Waals surface area contributed by atoms with Crippen LogP contribution in [0.4, 0.5) is 5.69 Å². The zero-order valence-electron chi connectivity index (χ0n) is 14.8. The Kier molecular flexibility index (Phi) is 6.05. The van der Waals surface area contributed by atoms with Crippen LogP contribution in [0.3, 0.4) is 0 Å². The van der Waals surface area contributed by atoms with Crippen molar-refractivity contribution in [3.05, 3.63) is 74.3 Å². The van der Waals surface area contributed by atoms with Gasteiger partial charge in [-0.2, -0.15) is 0 Å². The maximum absolute atomic E-state index is 11.3. The molecule has 2 N–H and O–H groups in total. The van der Waals surface area contributed by atoms with Crippen molar-refractivity contribution >= 4 is 23.2 Å². The highest BCUT2D eigenvalue weighted by molar-refractivity contribution is 6.30. The van der Waals surface area contributed by atoms with Crippen molar-refractivity contribution in [2.75, 3.05) is 26.2 Å². The van der Waals surface area contributed by atoms with Crippen LogP contribution in [0.2, 0.25) is 5.02 Å². The summed E-state index contributed by atoms with van der Waals surface area (Å²) >= 11 is 6.04. The molecule has 0 saturated carbocycles. The van der Waals surface area contributed by atoms with Gasteiger partial charge in [0.05, 0.1) is 4.92 Å². The van der Waals surface area contributed by atoms with E-state index in [1.807, 2.05) is 18.2 Å². The number of nitrogens with two attached hydrogens (primary N) is 1. The summed E-state index contributed by atoms with van der Waals surface area (Å²) in [5, 5.41) is 12.1. The molecule has 8 heteroatoms. The van der Waals surface area contributed by atoms with Crippen LogP contribution >= 0.6 is 11.6 Å². The summed E-state index contributed by atoms with van der Waals surface area (Å²) < 4.78 is 0. The van der Waals surface area contributed by atoms with E-state index in [0.29, 0.717) is 12.1 Å². The molecule has 1 heterocycles. The number of nitrogens with zero attached hydrogens (tertiary/aromatic N) is 3. The van der Waals surface area contributed by atoms with Crippen LogP contribution in [0, 0.1) is 10.1 Å². The van der Waals surface area contributed by atoms with Crippen LogP contribution in [0.15, 0.2) is 42.5 Å². The standard InChI is InChI=1S/C19H21ClN4O3/c20-17-3-1-2-14(10-17)12-22-6-8-23(9-7-22)13-16-5-4-15(19(21)25)11-18(16)24(26)27/h1-5,10-11H,6-9,12-13H2,(H2,21,25). The van der Waals surface area contributed by atoms with Gasteiger partial charge in [-0.15, -0.1) is 0 Å². The Hall–Kier alpha value is -2.48. The van der Waals surface area contributed by atoms with Gasteiger partial charge < -0.3 is 5.73 Å². The Balaban J connectivity index is 1.60. The monoisotopic (exact) mass is 388 g/mol. The Morgan fingerprint density at radius 1 is 1.07 bits per heavy atom. The molecule has 0 radical (unpaired) electrons. The number of halogens is 1. The Labute approximate surface area is 162 Å². The number of nitro benzene ring substituents is 1. The molecule has 27 heavy (non-hydrogen) atoms. The molecule has 0 unspecified atom stereocenters. The number of benzene rings is 2. The lowest BCUT2D eigenvalue weighted by atomic mass is 10.1. The van der Waals surface area contributed by atoms with E-state index in [9.17, 15) is 14.9 Å². The maximum Gasteiger partial charge on any atom is 0.274 e. The predicted molar refractivity (Wildman–Crippen MR) is 104 cm³/mol. The third-order valence-electron chi connectivity index (χ3n) is 4.72. The number of piperazine rings is 1. The second-order valence-corrected chi connectivity index (χ2v) is 7.08. The van der Waals surface area contributed by atoms with Crippen molar-refractivity contribution in [2.45, 2.75) is 13.1 Å². The summed E-state index contributed by atoms with van der Waals surface area (Å²) in [5.74, 6) is -0.667. The molecule has 0 bridgehead atoms. The molecule has 0 aliphatic carbocycles. The maximum atomic E-state index is 11.3. The lowest BCUT2D eigenvalue weighted by Crippen LogP contribution is -2.45. The molecule has 0 aromatic heterocycles. The molecule has 1 aliphatic heterocycles. The Bertz CT molecular complexity index is 851. The minimum absolute atomic E-state index is 0.0624. The van der Waals surface area contributed by atoms with Gasteiger partial charge in [0.1, 0.15) is 0 Å². The molecule has 3 rings (SSSR count). The highest BCUT2D eigenvalue weighted by atomic mass is 35.5. The molecular formula is C19H21ClN4O3. The number of amides is 1. The van der Waals surface area contributed by atoms with Gasteiger partial charge in [0.15, 0.2) is 0 Å². The molecule has 1 fully saturated rings. The number of primary amides is 1. The fourth-order valence-corrected chi connectivity index (χ4v) is 3.47. The van der Waals surface area contributed by atoms with Gasteiger partial charge in [-0.3, -0.25) is 24.7 Å². The molecule has 1 aliphatic rings. The second kappa shape index (κ2) is 8.47. The minimum atomic E-state index is -0.667. The molecule has 1 saturated heterocycles. The van der Waals surface area contributed by atoms with Crippen molar-refractivity contribution in [3.63, 3.8) is 0 Å². The van der Waals surface area contributed by atoms with Gasteiger partial charge >= 0.3 is 0 Å². The first kappa shape index (κ1) is 19.3. The number of hydrogen-bond acceptors (Lipinski definition) is 5. The van der Waals surface area contributed by atoms with Gasteiger partial charge in [-0.05, 0) is 23.8 Å². The highest BCUT2D eigenvalue weighted by Gasteiger charge is 2.22. The smallest absolute Gasteiger partial charge is 0.274 e. The molecule has 2 aromatic rings. The van der Waals surface area contributed by atoms with E-state index in [1.165, 1.54) is 11.6 Å². The van der Waals surface area contributed by atoms with Crippen LogP contribution in [-0.4, -0.2) is 46.8 Å². The molecule has 2 aromatic carbocycles. The van der Waals surface area contributed by atoms with Gasteiger partial charge in [0.2, 0.25) is 5.91 Å². The van der Waals surface area contributed by atoms with Crippen molar-refractivity contribution in [1.82, 2.24) is 9.80 Å². The zero-order valence-corrected chi connectivity index (χ0v) is 15.6. The van der Waals surface area contributed by atoms with E-state index in [1.54, 1.807) is 12.1 Å². The van der Waals surface area contributed by atoms with Gasteiger partial charge in [0, 0.05) is 61.5 Å². The summed E-state index contributed by atoms with van der Waals surface area (Å²) in [6.45, 7) is 4.69. The van der Waals surface area contributed by atoms with E-state index in [4.69, 9.17) is 17.3 Å². The lowest BCUT2D eigenvalue weighted by Gasteiger charge is -2.34. The van der Waals surface area contributed by atoms with Crippen LogP contribution in [0.5, 0.6) is 0 Å². The van der Waals surface area contributed by atoms with Crippen molar-refractivity contribution in [3.8, 4) is 0 Å². The first-order valence-corrected chi connectivity index (χ1v) is 9.06. The first-order chi connectivity index (χ1) is 12.9. The highest BCUT2D eigenvalue weighted by Crippen LogP contribution is 2.23. The van der Waals surface area contributed by atoms with Crippen LogP contribution < -0.4 is 5.73 Å². The minimum Gasteiger partial charge on any atom is -0.366 e. The third-order valence-corrected chi connectivity index (χ3v) is 4.96. The van der Waals surface area contributed by atoms with Gasteiger partial charge in [-0.25, -0.2) is 0 Å². The van der Waals surface area contributed by atoms with Crippen molar-refractivity contribution in [2.24, 2.45) is 5.73 Å². The number of carbonyl (C=O) groups excluding carboxylic acids is 1. The molecule has 1 amide bonds. The number of hydrogen-bond donors (Lipinski definition) is 1. The Morgan fingerprint density at radius 3 is 2.33 bits per heavy atom. The zero-order chi connectivity index (χ0) is 19.4. The average molecular weight is 389 g/mol. The van der Waals surface area contributed by atoms with Crippen LogP contribution in [-0.2, 0) is 13.1 Å². The lowest BCUT2D eigenvalue weighted by molar-refractivity contribution is -0.385. The third kappa shape index (κ3) is 5.03. The van der Waals surface area contributed by atoms with E-state index < -0.39 is 10.8 Å². The topological polar surface area (TPSA) is 92.7 Å². The molecule has 142 valence electrons. The summed E-state index contributed by atoms with van der Waals surface area (Å²) in [6, 6.07) is 12.3. The number of nitro groups is 1. The largest absolute Gasteiger partial charge is 0.366 e.